The van der Waals surface area contributed by atoms with Crippen LogP contribution in [0.3, 0.4) is 0 Å². The number of Topliss-reactive ketones (excluding diaryl/α,β-unsaturated/α-hetero) is 1. The number of carbonyl (C=O) groups is 1. The Morgan fingerprint density at radius 3 is 2.27 bits per heavy atom. The summed E-state index contributed by atoms with van der Waals surface area (Å²) in [5.74, 6) is -0.0338. The molecule has 0 rings (SSSR count). The Balaban J connectivity index is 3.94. The van der Waals surface area contributed by atoms with Crippen LogP contribution in [0.2, 0.25) is 0 Å². The molecule has 0 bridgehead atoms. The highest BCUT2D eigenvalue weighted by Crippen LogP contribution is 2.21. The number of hydrogen-bond acceptors (Lipinski definition) is 1. The minimum atomic E-state index is -1.30. The average molecular weight is 160 g/mol. The lowest BCUT2D eigenvalue weighted by Gasteiger charge is -2.17. The summed E-state index contributed by atoms with van der Waals surface area (Å²) in [7, 11) is 0. The van der Waals surface area contributed by atoms with Crippen LogP contribution in [0.4, 0.5) is 4.39 Å². The minimum absolute atomic E-state index is 0.0110. The lowest BCUT2D eigenvalue weighted by Crippen LogP contribution is -2.23. The quantitative estimate of drug-likeness (QED) is 0.618. The van der Waals surface area contributed by atoms with Crippen molar-refractivity contribution in [3.63, 3.8) is 0 Å². The first-order chi connectivity index (χ1) is 4.89. The molecule has 66 valence electrons. The first kappa shape index (κ1) is 10.6. The molecule has 0 saturated heterocycles. The largest absolute Gasteiger partial charge is 0.299 e. The van der Waals surface area contributed by atoms with Crippen molar-refractivity contribution in [2.75, 3.05) is 0 Å². The minimum Gasteiger partial charge on any atom is -0.299 e. The number of halogens is 1. The van der Waals surface area contributed by atoms with Crippen LogP contribution in [-0.2, 0) is 4.79 Å². The summed E-state index contributed by atoms with van der Waals surface area (Å²) < 4.78 is 13.2. The van der Waals surface area contributed by atoms with Crippen molar-refractivity contribution in [1.29, 1.82) is 0 Å². The Morgan fingerprint density at radius 1 is 1.55 bits per heavy atom. The monoisotopic (exact) mass is 160 g/mol. The molecule has 0 unspecified atom stereocenters. The van der Waals surface area contributed by atoms with Gasteiger partial charge in [-0.3, -0.25) is 4.79 Å². The number of ketones is 1. The SMILES string of the molecule is CC[C@](C)(F)CC(=O)C(C)C. The highest BCUT2D eigenvalue weighted by molar-refractivity contribution is 5.81. The zero-order valence-corrected chi connectivity index (χ0v) is 7.78. The Hall–Kier alpha value is -0.400. The van der Waals surface area contributed by atoms with E-state index < -0.39 is 5.67 Å². The second-order valence-electron chi connectivity index (χ2n) is 3.56. The van der Waals surface area contributed by atoms with Gasteiger partial charge in [-0.1, -0.05) is 20.8 Å². The molecule has 0 fully saturated rings. The fraction of sp³-hybridized carbons (Fsp3) is 0.889. The molecule has 0 N–H and O–H groups in total. The second-order valence-corrected chi connectivity index (χ2v) is 3.56. The number of carbonyl (C=O) groups excluding carboxylic acids is 1. The number of alkyl halides is 1. The molecular weight excluding hydrogens is 143 g/mol. The Morgan fingerprint density at radius 2 is 2.00 bits per heavy atom. The first-order valence-corrected chi connectivity index (χ1v) is 4.10. The van der Waals surface area contributed by atoms with Gasteiger partial charge in [0.15, 0.2) is 0 Å². The van der Waals surface area contributed by atoms with E-state index in [0.717, 1.165) is 0 Å². The van der Waals surface area contributed by atoms with Gasteiger partial charge in [0.05, 0.1) is 0 Å². The lowest BCUT2D eigenvalue weighted by atomic mass is 9.94. The van der Waals surface area contributed by atoms with Crippen molar-refractivity contribution < 1.29 is 9.18 Å². The summed E-state index contributed by atoms with van der Waals surface area (Å²) in [4.78, 5) is 11.1. The first-order valence-electron chi connectivity index (χ1n) is 4.10. The summed E-state index contributed by atoms with van der Waals surface area (Å²) in [5, 5.41) is 0. The van der Waals surface area contributed by atoms with Gasteiger partial charge in [0.2, 0.25) is 0 Å². The Bertz CT molecular complexity index is 138. The maximum Gasteiger partial charge on any atom is 0.138 e. The van der Waals surface area contributed by atoms with Crippen molar-refractivity contribution in [3.05, 3.63) is 0 Å². The van der Waals surface area contributed by atoms with E-state index in [1.165, 1.54) is 6.92 Å². The predicted octanol–water partition coefficient (Wildman–Crippen LogP) is 2.74. The van der Waals surface area contributed by atoms with E-state index in [1.54, 1.807) is 20.8 Å². The summed E-state index contributed by atoms with van der Waals surface area (Å²) in [6.45, 7) is 6.84. The van der Waals surface area contributed by atoms with E-state index in [0.29, 0.717) is 6.42 Å². The lowest BCUT2D eigenvalue weighted by molar-refractivity contribution is -0.124. The van der Waals surface area contributed by atoms with Crippen molar-refractivity contribution in [2.45, 2.75) is 46.2 Å². The summed E-state index contributed by atoms with van der Waals surface area (Å²) in [5.41, 5.74) is -1.30. The molecule has 11 heavy (non-hydrogen) atoms. The maximum atomic E-state index is 13.2. The van der Waals surface area contributed by atoms with Gasteiger partial charge in [-0.05, 0) is 13.3 Å². The van der Waals surface area contributed by atoms with E-state index >= 15 is 0 Å². The zero-order valence-electron chi connectivity index (χ0n) is 7.78. The third-order valence-corrected chi connectivity index (χ3v) is 1.92. The molecule has 0 aliphatic carbocycles. The summed E-state index contributed by atoms with van der Waals surface area (Å²) >= 11 is 0. The fourth-order valence-corrected chi connectivity index (χ4v) is 0.692. The molecule has 0 aromatic rings. The maximum absolute atomic E-state index is 13.2. The van der Waals surface area contributed by atoms with Gasteiger partial charge < -0.3 is 0 Å². The molecule has 0 aromatic heterocycles. The summed E-state index contributed by atoms with van der Waals surface area (Å²) in [6.07, 6.45) is 0.465. The van der Waals surface area contributed by atoms with Crippen LogP contribution in [0.25, 0.3) is 0 Å². The topological polar surface area (TPSA) is 17.1 Å². The van der Waals surface area contributed by atoms with Crippen molar-refractivity contribution in [1.82, 2.24) is 0 Å². The van der Waals surface area contributed by atoms with Crippen LogP contribution >= 0.6 is 0 Å². The number of rotatable bonds is 4. The van der Waals surface area contributed by atoms with Crippen LogP contribution in [0.1, 0.15) is 40.5 Å². The third-order valence-electron chi connectivity index (χ3n) is 1.92. The van der Waals surface area contributed by atoms with Gasteiger partial charge in [0.25, 0.3) is 0 Å². The van der Waals surface area contributed by atoms with Gasteiger partial charge in [0.1, 0.15) is 11.5 Å². The van der Waals surface area contributed by atoms with E-state index in [-0.39, 0.29) is 18.1 Å². The molecule has 1 atom stereocenters. The standard InChI is InChI=1S/C9H17FO/c1-5-9(4,10)6-8(11)7(2)3/h7H,5-6H2,1-4H3/t9-/m0/s1. The van der Waals surface area contributed by atoms with Crippen molar-refractivity contribution in [3.8, 4) is 0 Å². The molecule has 0 spiro atoms. The molecule has 0 aliphatic rings. The summed E-state index contributed by atoms with van der Waals surface area (Å²) in [6, 6.07) is 0. The normalized spacial score (nSPS) is 16.5. The number of hydrogen-bond donors (Lipinski definition) is 0. The van der Waals surface area contributed by atoms with Gasteiger partial charge in [-0.2, -0.15) is 0 Å². The molecule has 0 saturated carbocycles. The highest BCUT2D eigenvalue weighted by atomic mass is 19.1. The van der Waals surface area contributed by atoms with Crippen LogP contribution in [0.5, 0.6) is 0 Å². The molecule has 1 nitrogen and oxygen atoms in total. The molecule has 0 aliphatic heterocycles. The zero-order chi connectivity index (χ0) is 9.07. The molecule has 0 radical (unpaired) electrons. The van der Waals surface area contributed by atoms with Gasteiger partial charge in [-0.15, -0.1) is 0 Å². The predicted molar refractivity (Wildman–Crippen MR) is 44.3 cm³/mol. The van der Waals surface area contributed by atoms with Gasteiger partial charge >= 0.3 is 0 Å². The van der Waals surface area contributed by atoms with E-state index in [2.05, 4.69) is 0 Å². The average Bonchev–Trinajstić information content (AvgIpc) is 1.87. The second kappa shape index (κ2) is 3.84. The molecule has 0 aromatic carbocycles. The van der Waals surface area contributed by atoms with Crippen LogP contribution in [0.15, 0.2) is 0 Å². The van der Waals surface area contributed by atoms with Crippen LogP contribution in [-0.4, -0.2) is 11.5 Å². The van der Waals surface area contributed by atoms with Crippen LogP contribution in [0, 0.1) is 5.92 Å². The Labute approximate surface area is 68.0 Å². The van der Waals surface area contributed by atoms with Crippen molar-refractivity contribution in [2.24, 2.45) is 5.92 Å². The van der Waals surface area contributed by atoms with Crippen LogP contribution < -0.4 is 0 Å². The fourth-order valence-electron chi connectivity index (χ4n) is 0.692. The van der Waals surface area contributed by atoms with E-state index in [9.17, 15) is 9.18 Å². The Kier molecular flexibility index (Phi) is 3.70. The van der Waals surface area contributed by atoms with E-state index in [4.69, 9.17) is 0 Å². The van der Waals surface area contributed by atoms with Gasteiger partial charge in [0, 0.05) is 12.3 Å². The van der Waals surface area contributed by atoms with Gasteiger partial charge in [-0.25, -0.2) is 4.39 Å². The third kappa shape index (κ3) is 4.12. The molecule has 0 amide bonds. The molecule has 2 heteroatoms. The highest BCUT2D eigenvalue weighted by Gasteiger charge is 2.25. The van der Waals surface area contributed by atoms with Crippen molar-refractivity contribution >= 4 is 5.78 Å². The smallest absolute Gasteiger partial charge is 0.138 e. The molecule has 0 heterocycles. The van der Waals surface area contributed by atoms with E-state index in [1.807, 2.05) is 0 Å². The molecular formula is C9H17FO.